The molecular weight excluding hydrogens is 378 g/mol. The molecule has 1 saturated heterocycles. The van der Waals surface area contributed by atoms with Gasteiger partial charge in [-0.1, -0.05) is 24.3 Å². The zero-order valence-corrected chi connectivity index (χ0v) is 16.3. The Bertz CT molecular complexity index is 1180. The van der Waals surface area contributed by atoms with Crippen LogP contribution in [0.5, 0.6) is 0 Å². The zero-order valence-electron chi connectivity index (χ0n) is 16.3. The van der Waals surface area contributed by atoms with Crippen molar-refractivity contribution in [2.75, 3.05) is 18.4 Å². The van der Waals surface area contributed by atoms with E-state index in [1.807, 2.05) is 53.4 Å². The lowest BCUT2D eigenvalue weighted by atomic mass is 10.0. The predicted octanol–water partition coefficient (Wildman–Crippen LogP) is 2.93. The highest BCUT2D eigenvalue weighted by Crippen LogP contribution is 2.21. The van der Waals surface area contributed by atoms with Crippen molar-refractivity contribution in [3.05, 3.63) is 72.7 Å². The Kier molecular flexibility index (Phi) is 4.80. The van der Waals surface area contributed by atoms with E-state index >= 15 is 0 Å². The summed E-state index contributed by atoms with van der Waals surface area (Å²) in [6.07, 6.45) is 6.86. The Labute approximate surface area is 173 Å². The van der Waals surface area contributed by atoms with Crippen molar-refractivity contribution in [2.45, 2.75) is 18.9 Å². The lowest BCUT2D eigenvalue weighted by Crippen LogP contribution is -2.45. The maximum atomic E-state index is 13.3. The molecule has 0 saturated carbocycles. The average molecular weight is 399 g/mol. The van der Waals surface area contributed by atoms with Crippen LogP contribution < -0.4 is 5.32 Å². The third-order valence-electron chi connectivity index (χ3n) is 5.28. The Hall–Kier alpha value is -3.81. The smallest absolute Gasteiger partial charge is 0.256 e. The van der Waals surface area contributed by atoms with Gasteiger partial charge in [-0.25, -0.2) is 4.98 Å². The summed E-state index contributed by atoms with van der Waals surface area (Å²) < 4.78 is 0. The van der Waals surface area contributed by atoms with Gasteiger partial charge in [-0.15, -0.1) is 0 Å². The second-order valence-electron chi connectivity index (χ2n) is 7.31. The van der Waals surface area contributed by atoms with Crippen LogP contribution in [0.1, 0.15) is 23.2 Å². The first-order valence-corrected chi connectivity index (χ1v) is 10.0. The van der Waals surface area contributed by atoms with Gasteiger partial charge in [-0.05, 0) is 37.1 Å². The molecule has 0 aliphatic carbocycles. The van der Waals surface area contributed by atoms with E-state index < -0.39 is 0 Å². The number of nitrogens with zero attached hydrogens (tertiary/aromatic N) is 6. The summed E-state index contributed by atoms with van der Waals surface area (Å²) in [6, 6.07) is 15.3. The van der Waals surface area contributed by atoms with Crippen LogP contribution in [0.25, 0.3) is 16.7 Å². The minimum Gasteiger partial charge on any atom is -0.364 e. The first-order chi connectivity index (χ1) is 14.8. The number of benzene rings is 2. The largest absolute Gasteiger partial charge is 0.364 e. The number of anilines is 1. The fourth-order valence-corrected chi connectivity index (χ4v) is 3.85. The highest BCUT2D eigenvalue weighted by atomic mass is 16.2. The van der Waals surface area contributed by atoms with Gasteiger partial charge in [-0.2, -0.15) is 15.0 Å². The molecule has 3 heterocycles. The molecule has 1 aliphatic rings. The van der Waals surface area contributed by atoms with Gasteiger partial charge in [0, 0.05) is 19.1 Å². The van der Waals surface area contributed by atoms with Crippen molar-refractivity contribution < 1.29 is 4.79 Å². The molecule has 8 heteroatoms. The first kappa shape index (κ1) is 18.2. The summed E-state index contributed by atoms with van der Waals surface area (Å²) in [4.78, 5) is 25.8. The third-order valence-corrected chi connectivity index (χ3v) is 5.28. The number of fused-ring (bicyclic) bond motifs is 1. The normalized spacial score (nSPS) is 16.5. The van der Waals surface area contributed by atoms with Crippen LogP contribution in [-0.2, 0) is 0 Å². The molecular formula is C22H21N7O. The number of amides is 1. The Morgan fingerprint density at radius 2 is 1.77 bits per heavy atom. The number of likely N-dealkylation sites (tertiary alicyclic amines) is 1. The standard InChI is InChI=1S/C22H21N7O/c30-22(17-7-1-4-10-20(17)29-24-11-12-25-29)28-13-5-6-16(15-28)26-21-14-23-18-8-2-3-9-19(18)27-21/h1-4,7-12,14,16H,5-6,13,15H2,(H,26,27)/t16-/m1/s1. The van der Waals surface area contributed by atoms with Crippen LogP contribution >= 0.6 is 0 Å². The fraction of sp³-hybridized carbons (Fsp3) is 0.227. The number of nitrogens with one attached hydrogen (secondary N) is 1. The number of hydrogen-bond donors (Lipinski definition) is 1. The summed E-state index contributed by atoms with van der Waals surface area (Å²) in [5.41, 5.74) is 3.00. The van der Waals surface area contributed by atoms with Gasteiger partial charge in [0.15, 0.2) is 0 Å². The lowest BCUT2D eigenvalue weighted by Gasteiger charge is -2.33. The van der Waals surface area contributed by atoms with Gasteiger partial charge in [0.1, 0.15) is 5.82 Å². The predicted molar refractivity (Wildman–Crippen MR) is 113 cm³/mol. The van der Waals surface area contributed by atoms with Crippen LogP contribution in [-0.4, -0.2) is 54.9 Å². The highest BCUT2D eigenvalue weighted by molar-refractivity contribution is 5.97. The maximum absolute atomic E-state index is 13.3. The van der Waals surface area contributed by atoms with E-state index in [4.69, 9.17) is 0 Å². The van der Waals surface area contributed by atoms with Gasteiger partial charge in [0.25, 0.3) is 5.91 Å². The van der Waals surface area contributed by atoms with Gasteiger partial charge in [0.05, 0.1) is 40.9 Å². The topological polar surface area (TPSA) is 88.8 Å². The molecule has 2 aromatic carbocycles. The number of carbonyl (C=O) groups excluding carboxylic acids is 1. The number of hydrogen-bond acceptors (Lipinski definition) is 6. The molecule has 1 aliphatic heterocycles. The number of carbonyl (C=O) groups is 1. The molecule has 0 spiro atoms. The summed E-state index contributed by atoms with van der Waals surface area (Å²) >= 11 is 0. The molecule has 0 radical (unpaired) electrons. The summed E-state index contributed by atoms with van der Waals surface area (Å²) in [5.74, 6) is 0.716. The third kappa shape index (κ3) is 3.59. The number of aromatic nitrogens is 5. The van der Waals surface area contributed by atoms with Gasteiger partial charge in [0.2, 0.25) is 0 Å². The summed E-state index contributed by atoms with van der Waals surface area (Å²) in [5, 5.41) is 11.8. The molecule has 0 unspecified atom stereocenters. The quantitative estimate of drug-likeness (QED) is 0.568. The highest BCUT2D eigenvalue weighted by Gasteiger charge is 2.26. The van der Waals surface area contributed by atoms with Crippen molar-refractivity contribution >= 4 is 22.8 Å². The molecule has 4 aromatic rings. The minimum atomic E-state index is -0.0148. The van der Waals surface area contributed by atoms with Crippen LogP contribution in [0.15, 0.2) is 67.1 Å². The number of piperidine rings is 1. The van der Waals surface area contributed by atoms with Crippen molar-refractivity contribution in [3.8, 4) is 5.69 Å². The number of para-hydroxylation sites is 3. The van der Waals surface area contributed by atoms with Crippen molar-refractivity contribution in [1.82, 2.24) is 29.9 Å². The molecule has 1 atom stereocenters. The molecule has 1 fully saturated rings. The fourth-order valence-electron chi connectivity index (χ4n) is 3.85. The summed E-state index contributed by atoms with van der Waals surface area (Å²) in [7, 11) is 0. The van der Waals surface area contributed by atoms with E-state index in [1.165, 1.54) is 4.80 Å². The first-order valence-electron chi connectivity index (χ1n) is 10.0. The summed E-state index contributed by atoms with van der Waals surface area (Å²) in [6.45, 7) is 1.33. The van der Waals surface area contributed by atoms with Crippen LogP contribution in [0.4, 0.5) is 5.82 Å². The average Bonchev–Trinajstić information content (AvgIpc) is 3.34. The molecule has 150 valence electrons. The molecule has 8 nitrogen and oxygen atoms in total. The van der Waals surface area contributed by atoms with E-state index in [1.54, 1.807) is 18.6 Å². The zero-order chi connectivity index (χ0) is 20.3. The van der Waals surface area contributed by atoms with Crippen LogP contribution in [0.3, 0.4) is 0 Å². The Morgan fingerprint density at radius 1 is 1.00 bits per heavy atom. The van der Waals surface area contributed by atoms with Gasteiger partial charge in [-0.3, -0.25) is 9.78 Å². The molecule has 1 amide bonds. The Balaban J connectivity index is 1.33. The maximum Gasteiger partial charge on any atom is 0.256 e. The second kappa shape index (κ2) is 7.90. The molecule has 30 heavy (non-hydrogen) atoms. The van der Waals surface area contributed by atoms with Crippen molar-refractivity contribution in [3.63, 3.8) is 0 Å². The van der Waals surface area contributed by atoms with E-state index in [0.717, 1.165) is 36.2 Å². The SMILES string of the molecule is O=C(c1ccccc1-n1nccn1)N1CCC[C@@H](Nc2cnc3ccccc3n2)C1. The van der Waals surface area contributed by atoms with Crippen LogP contribution in [0.2, 0.25) is 0 Å². The molecule has 5 rings (SSSR count). The lowest BCUT2D eigenvalue weighted by molar-refractivity contribution is 0.0714. The van der Waals surface area contributed by atoms with E-state index in [2.05, 4.69) is 25.5 Å². The second-order valence-corrected chi connectivity index (χ2v) is 7.31. The molecule has 1 N–H and O–H groups in total. The number of rotatable bonds is 4. The Morgan fingerprint density at radius 3 is 2.63 bits per heavy atom. The molecule has 2 aromatic heterocycles. The van der Waals surface area contributed by atoms with Crippen LogP contribution in [0, 0.1) is 0 Å². The van der Waals surface area contributed by atoms with E-state index in [0.29, 0.717) is 17.8 Å². The van der Waals surface area contributed by atoms with Gasteiger partial charge < -0.3 is 10.2 Å². The van der Waals surface area contributed by atoms with Gasteiger partial charge >= 0.3 is 0 Å². The van der Waals surface area contributed by atoms with Crippen molar-refractivity contribution in [1.29, 1.82) is 0 Å². The monoisotopic (exact) mass is 399 g/mol. The van der Waals surface area contributed by atoms with E-state index in [9.17, 15) is 4.79 Å². The molecule has 0 bridgehead atoms. The van der Waals surface area contributed by atoms with Crippen molar-refractivity contribution in [2.24, 2.45) is 0 Å². The minimum absolute atomic E-state index is 0.0148. The van der Waals surface area contributed by atoms with E-state index in [-0.39, 0.29) is 11.9 Å².